The Bertz CT molecular complexity index is 346. The third kappa shape index (κ3) is 1.98. The molecule has 0 aliphatic heterocycles. The van der Waals surface area contributed by atoms with Crippen molar-refractivity contribution in [1.82, 2.24) is 4.98 Å². The van der Waals surface area contributed by atoms with Crippen LogP contribution in [-0.2, 0) is 6.61 Å². The minimum atomic E-state index is -2.68. The van der Waals surface area contributed by atoms with Gasteiger partial charge in [0.2, 0.25) is 0 Å². The second-order valence-electron chi connectivity index (χ2n) is 2.30. The van der Waals surface area contributed by atoms with Gasteiger partial charge in [-0.25, -0.2) is 13.8 Å². The minimum Gasteiger partial charge on any atom is -0.390 e. The van der Waals surface area contributed by atoms with E-state index in [1.54, 1.807) is 6.07 Å². The Morgan fingerprint density at radius 3 is 2.69 bits per heavy atom. The second-order valence-corrected chi connectivity index (χ2v) is 2.30. The first-order valence-corrected chi connectivity index (χ1v) is 3.48. The third-order valence-corrected chi connectivity index (χ3v) is 1.51. The first-order valence-electron chi connectivity index (χ1n) is 3.48. The molecule has 0 saturated heterocycles. The van der Waals surface area contributed by atoms with Gasteiger partial charge in [0.15, 0.2) is 0 Å². The van der Waals surface area contributed by atoms with Crippen molar-refractivity contribution in [2.75, 3.05) is 0 Å². The highest BCUT2D eigenvalue weighted by molar-refractivity contribution is 5.29. The average Bonchev–Trinajstić information content (AvgIpc) is 2.16. The van der Waals surface area contributed by atoms with Gasteiger partial charge < -0.3 is 5.11 Å². The van der Waals surface area contributed by atoms with Crippen LogP contribution in [0.3, 0.4) is 0 Å². The fraction of sp³-hybridized carbons (Fsp3) is 0.250. The number of aliphatic hydroxyl groups is 1. The summed E-state index contributed by atoms with van der Waals surface area (Å²) in [5, 5.41) is 17.1. The summed E-state index contributed by atoms with van der Waals surface area (Å²) in [6.45, 7) is -0.588. The molecule has 1 heterocycles. The fourth-order valence-electron chi connectivity index (χ4n) is 0.900. The number of hydrogen-bond acceptors (Lipinski definition) is 3. The van der Waals surface area contributed by atoms with E-state index in [1.165, 1.54) is 6.07 Å². The van der Waals surface area contributed by atoms with Crippen LogP contribution in [0.15, 0.2) is 12.1 Å². The van der Waals surface area contributed by atoms with Crippen LogP contribution < -0.4 is 0 Å². The van der Waals surface area contributed by atoms with Crippen molar-refractivity contribution in [3.05, 3.63) is 29.1 Å². The lowest BCUT2D eigenvalue weighted by Gasteiger charge is -2.04. The van der Waals surface area contributed by atoms with Crippen LogP contribution >= 0.6 is 0 Å². The largest absolute Gasteiger partial charge is 0.390 e. The zero-order chi connectivity index (χ0) is 9.84. The van der Waals surface area contributed by atoms with Crippen molar-refractivity contribution < 1.29 is 13.9 Å². The van der Waals surface area contributed by atoms with Crippen LogP contribution in [0.5, 0.6) is 0 Å². The molecule has 0 fully saturated rings. The zero-order valence-corrected chi connectivity index (χ0v) is 6.54. The van der Waals surface area contributed by atoms with Crippen molar-refractivity contribution in [1.29, 1.82) is 5.26 Å². The minimum absolute atomic E-state index is 0.0217. The van der Waals surface area contributed by atoms with E-state index in [9.17, 15) is 8.78 Å². The van der Waals surface area contributed by atoms with Crippen molar-refractivity contribution in [2.24, 2.45) is 0 Å². The van der Waals surface area contributed by atoms with Gasteiger partial charge in [-0.15, -0.1) is 0 Å². The predicted octanol–water partition coefficient (Wildman–Crippen LogP) is 1.38. The van der Waals surface area contributed by atoms with Gasteiger partial charge in [-0.2, -0.15) is 5.26 Å². The van der Waals surface area contributed by atoms with Crippen LogP contribution in [0.4, 0.5) is 8.78 Å². The van der Waals surface area contributed by atoms with Gasteiger partial charge in [-0.1, -0.05) is 0 Å². The first-order chi connectivity index (χ1) is 6.19. The molecule has 1 N–H and O–H groups in total. The summed E-state index contributed by atoms with van der Waals surface area (Å²) >= 11 is 0. The van der Waals surface area contributed by atoms with E-state index in [2.05, 4.69) is 4.98 Å². The molecule has 3 nitrogen and oxygen atoms in total. The SMILES string of the molecule is N#Cc1ccc(C(F)F)c(CO)n1. The van der Waals surface area contributed by atoms with E-state index < -0.39 is 13.0 Å². The van der Waals surface area contributed by atoms with Crippen molar-refractivity contribution in [2.45, 2.75) is 13.0 Å². The van der Waals surface area contributed by atoms with Gasteiger partial charge in [-0.3, -0.25) is 0 Å². The molecular formula is C8H6F2N2O. The molecule has 1 aromatic rings. The number of hydrogen-bond donors (Lipinski definition) is 1. The molecule has 0 radical (unpaired) electrons. The Balaban J connectivity index is 3.17. The van der Waals surface area contributed by atoms with Gasteiger partial charge in [0.05, 0.1) is 12.3 Å². The highest BCUT2D eigenvalue weighted by Crippen LogP contribution is 2.21. The topological polar surface area (TPSA) is 56.9 Å². The van der Waals surface area contributed by atoms with Crippen LogP contribution in [0, 0.1) is 11.3 Å². The maximum atomic E-state index is 12.2. The molecule has 1 rings (SSSR count). The summed E-state index contributed by atoms with van der Waals surface area (Å²) in [7, 11) is 0. The number of halogens is 2. The zero-order valence-electron chi connectivity index (χ0n) is 6.54. The fourth-order valence-corrected chi connectivity index (χ4v) is 0.900. The van der Waals surface area contributed by atoms with Crippen LogP contribution in [-0.4, -0.2) is 10.1 Å². The van der Waals surface area contributed by atoms with E-state index >= 15 is 0 Å². The average molecular weight is 184 g/mol. The maximum absolute atomic E-state index is 12.2. The van der Waals surface area contributed by atoms with Gasteiger partial charge in [0, 0.05) is 5.56 Å². The highest BCUT2D eigenvalue weighted by atomic mass is 19.3. The van der Waals surface area contributed by atoms with E-state index in [0.717, 1.165) is 6.07 Å². The van der Waals surface area contributed by atoms with E-state index in [1.807, 2.05) is 0 Å². The molecule has 0 saturated carbocycles. The molecule has 0 atom stereocenters. The molecule has 0 aliphatic rings. The molecule has 0 aromatic carbocycles. The maximum Gasteiger partial charge on any atom is 0.265 e. The number of alkyl halides is 2. The normalized spacial score (nSPS) is 10.1. The molecule has 13 heavy (non-hydrogen) atoms. The molecule has 0 aliphatic carbocycles. The second kappa shape index (κ2) is 3.92. The summed E-state index contributed by atoms with van der Waals surface area (Å²) < 4.78 is 24.4. The summed E-state index contributed by atoms with van der Waals surface area (Å²) in [6, 6.07) is 3.99. The molecule has 68 valence electrons. The molecule has 1 aromatic heterocycles. The third-order valence-electron chi connectivity index (χ3n) is 1.51. The Hall–Kier alpha value is -1.54. The van der Waals surface area contributed by atoms with Gasteiger partial charge in [0.1, 0.15) is 11.8 Å². The van der Waals surface area contributed by atoms with Gasteiger partial charge in [0.25, 0.3) is 6.43 Å². The van der Waals surface area contributed by atoms with Crippen LogP contribution in [0.1, 0.15) is 23.4 Å². The summed E-state index contributed by atoms with van der Waals surface area (Å²) in [5.41, 5.74) is -0.455. The number of aliphatic hydroxyl groups excluding tert-OH is 1. The summed E-state index contributed by atoms with van der Waals surface area (Å²) in [6.07, 6.45) is -2.68. The van der Waals surface area contributed by atoms with Gasteiger partial charge in [-0.05, 0) is 12.1 Å². The number of nitriles is 1. The summed E-state index contributed by atoms with van der Waals surface area (Å²) in [5.74, 6) is 0. The van der Waals surface area contributed by atoms with E-state index in [4.69, 9.17) is 10.4 Å². The molecule has 0 spiro atoms. The molecule has 0 amide bonds. The first kappa shape index (κ1) is 9.55. The van der Waals surface area contributed by atoms with Crippen LogP contribution in [0.2, 0.25) is 0 Å². The van der Waals surface area contributed by atoms with E-state index in [0.29, 0.717) is 0 Å². The van der Waals surface area contributed by atoms with Crippen molar-refractivity contribution in [3.63, 3.8) is 0 Å². The molecule has 5 heteroatoms. The Morgan fingerprint density at radius 1 is 1.54 bits per heavy atom. The van der Waals surface area contributed by atoms with E-state index in [-0.39, 0.29) is 17.0 Å². The Labute approximate surface area is 73.3 Å². The Morgan fingerprint density at radius 2 is 2.23 bits per heavy atom. The smallest absolute Gasteiger partial charge is 0.265 e. The summed E-state index contributed by atoms with van der Waals surface area (Å²) in [4.78, 5) is 3.54. The lowest BCUT2D eigenvalue weighted by Crippen LogP contribution is -1.99. The Kier molecular flexibility index (Phi) is 2.88. The lowest BCUT2D eigenvalue weighted by molar-refractivity contribution is 0.146. The quantitative estimate of drug-likeness (QED) is 0.755. The van der Waals surface area contributed by atoms with Gasteiger partial charge >= 0.3 is 0 Å². The molecule has 0 unspecified atom stereocenters. The molecular weight excluding hydrogens is 178 g/mol. The lowest BCUT2D eigenvalue weighted by atomic mass is 10.2. The number of nitrogens with zero attached hydrogens (tertiary/aromatic N) is 2. The standard InChI is InChI=1S/C8H6F2N2O/c9-8(10)6-2-1-5(3-11)12-7(6)4-13/h1-2,8,13H,4H2. The molecule has 0 bridgehead atoms. The van der Waals surface area contributed by atoms with Crippen molar-refractivity contribution in [3.8, 4) is 6.07 Å². The van der Waals surface area contributed by atoms with Crippen molar-refractivity contribution >= 4 is 0 Å². The monoisotopic (exact) mass is 184 g/mol. The predicted molar refractivity (Wildman–Crippen MR) is 39.8 cm³/mol. The highest BCUT2D eigenvalue weighted by Gasteiger charge is 2.13. The number of aromatic nitrogens is 1. The van der Waals surface area contributed by atoms with Crippen LogP contribution in [0.25, 0.3) is 0 Å². The number of pyridine rings is 1. The number of rotatable bonds is 2.